The number of carboxylic acid groups (broad SMARTS) is 1. The second-order valence-corrected chi connectivity index (χ2v) is 5.84. The van der Waals surface area contributed by atoms with Crippen LogP contribution in [0, 0.1) is 5.82 Å². The number of rotatable bonds is 4. The molecule has 0 fully saturated rings. The van der Waals surface area contributed by atoms with E-state index in [1.807, 2.05) is 0 Å². The third kappa shape index (κ3) is 2.91. The maximum absolute atomic E-state index is 13.1. The number of nitrogens with one attached hydrogen (secondary N) is 1. The van der Waals surface area contributed by atoms with Gasteiger partial charge in [-0.15, -0.1) is 11.3 Å². The largest absolute Gasteiger partial charge is 0.505 e. The number of hydrogen-bond donors (Lipinski definition) is 3. The molecular formula is C16H11FN2O4S. The minimum absolute atomic E-state index is 0.259. The number of halogens is 1. The molecule has 0 spiro atoms. The summed E-state index contributed by atoms with van der Waals surface area (Å²) in [7, 11) is 0. The van der Waals surface area contributed by atoms with Crippen molar-refractivity contribution in [2.45, 2.75) is 0 Å². The van der Waals surface area contributed by atoms with Crippen molar-refractivity contribution in [2.24, 2.45) is 0 Å². The second kappa shape index (κ2) is 6.25. The normalized spacial score (nSPS) is 10.7. The molecule has 0 bridgehead atoms. The summed E-state index contributed by atoms with van der Waals surface area (Å²) >= 11 is 1.32. The number of aliphatic carboxylic acids is 1. The van der Waals surface area contributed by atoms with Crippen LogP contribution in [0.4, 0.5) is 4.39 Å². The Morgan fingerprint density at radius 1 is 1.25 bits per heavy atom. The first-order chi connectivity index (χ1) is 11.5. The number of aromatic nitrogens is 1. The Kier molecular flexibility index (Phi) is 4.13. The van der Waals surface area contributed by atoms with E-state index in [0.29, 0.717) is 21.2 Å². The van der Waals surface area contributed by atoms with Crippen molar-refractivity contribution in [1.29, 1.82) is 0 Å². The van der Waals surface area contributed by atoms with Gasteiger partial charge in [0.15, 0.2) is 11.4 Å². The topological polar surface area (TPSA) is 99.5 Å². The Labute approximate surface area is 139 Å². The van der Waals surface area contributed by atoms with Crippen molar-refractivity contribution in [2.75, 3.05) is 6.54 Å². The number of nitrogens with zero attached hydrogens (tertiary/aromatic N) is 1. The van der Waals surface area contributed by atoms with Gasteiger partial charge in [-0.05, 0) is 23.1 Å². The molecular weight excluding hydrogens is 335 g/mol. The third-order valence-electron chi connectivity index (χ3n) is 3.36. The van der Waals surface area contributed by atoms with E-state index in [4.69, 9.17) is 5.11 Å². The maximum Gasteiger partial charge on any atom is 0.322 e. The van der Waals surface area contributed by atoms with Gasteiger partial charge in [-0.3, -0.25) is 9.59 Å². The Balaban J connectivity index is 2.07. The number of amides is 1. The van der Waals surface area contributed by atoms with Crippen molar-refractivity contribution < 1.29 is 24.2 Å². The van der Waals surface area contributed by atoms with E-state index in [-0.39, 0.29) is 17.3 Å². The molecule has 1 amide bonds. The summed E-state index contributed by atoms with van der Waals surface area (Å²) in [5.41, 5.74) is 1.06. The quantitative estimate of drug-likeness (QED) is 0.674. The predicted molar refractivity (Wildman–Crippen MR) is 86.6 cm³/mol. The van der Waals surface area contributed by atoms with E-state index in [1.165, 1.54) is 29.7 Å². The molecule has 0 atom stereocenters. The molecule has 0 saturated heterocycles. The number of carbonyl (C=O) groups excluding carboxylic acids is 1. The number of benzene rings is 1. The van der Waals surface area contributed by atoms with Crippen LogP contribution in [0.3, 0.4) is 0 Å². The van der Waals surface area contributed by atoms with Gasteiger partial charge in [0.1, 0.15) is 12.4 Å². The first-order valence-corrected chi connectivity index (χ1v) is 7.70. The van der Waals surface area contributed by atoms with E-state index in [9.17, 15) is 19.1 Å². The molecule has 0 aliphatic heterocycles. The summed E-state index contributed by atoms with van der Waals surface area (Å²) in [6, 6.07) is 5.75. The van der Waals surface area contributed by atoms with Gasteiger partial charge in [0, 0.05) is 17.1 Å². The second-order valence-electron chi connectivity index (χ2n) is 4.93. The molecule has 2 aromatic heterocycles. The Morgan fingerprint density at radius 3 is 2.62 bits per heavy atom. The molecule has 0 aliphatic rings. The van der Waals surface area contributed by atoms with Gasteiger partial charge in [-0.1, -0.05) is 12.1 Å². The summed E-state index contributed by atoms with van der Waals surface area (Å²) in [5.74, 6) is -2.70. The Hall–Kier alpha value is -3.00. The van der Waals surface area contributed by atoms with Crippen LogP contribution in [0.25, 0.3) is 21.2 Å². The number of aromatic hydroxyl groups is 1. The standard InChI is InChI=1S/C16H11FN2O4S/c17-9-3-1-8(2-4-9)10-7-24-11-5-18-14(15(22)13(10)11)16(23)19-6-12(20)21/h1-5,7,22H,6H2,(H,19,23)(H,20,21). The molecule has 8 heteroatoms. The molecule has 0 radical (unpaired) electrons. The number of thiophene rings is 1. The fourth-order valence-corrected chi connectivity index (χ4v) is 3.20. The van der Waals surface area contributed by atoms with E-state index in [1.54, 1.807) is 17.5 Å². The van der Waals surface area contributed by atoms with Gasteiger partial charge in [-0.2, -0.15) is 0 Å². The van der Waals surface area contributed by atoms with Crippen LogP contribution in [0.2, 0.25) is 0 Å². The third-order valence-corrected chi connectivity index (χ3v) is 4.28. The molecule has 1 aromatic carbocycles. The van der Waals surface area contributed by atoms with E-state index in [2.05, 4.69) is 10.3 Å². The highest BCUT2D eigenvalue weighted by atomic mass is 32.1. The van der Waals surface area contributed by atoms with Crippen LogP contribution in [-0.4, -0.2) is 33.6 Å². The van der Waals surface area contributed by atoms with Crippen LogP contribution >= 0.6 is 11.3 Å². The van der Waals surface area contributed by atoms with Gasteiger partial charge in [0.25, 0.3) is 5.91 Å². The summed E-state index contributed by atoms with van der Waals surface area (Å²) in [5, 5.41) is 23.4. The van der Waals surface area contributed by atoms with E-state index >= 15 is 0 Å². The highest BCUT2D eigenvalue weighted by Gasteiger charge is 2.20. The minimum atomic E-state index is -1.20. The van der Waals surface area contributed by atoms with Gasteiger partial charge in [-0.25, -0.2) is 9.37 Å². The van der Waals surface area contributed by atoms with Crippen molar-refractivity contribution in [3.05, 3.63) is 47.4 Å². The van der Waals surface area contributed by atoms with E-state index < -0.39 is 18.4 Å². The first-order valence-electron chi connectivity index (χ1n) is 6.82. The van der Waals surface area contributed by atoms with Crippen LogP contribution in [0.1, 0.15) is 10.5 Å². The van der Waals surface area contributed by atoms with Gasteiger partial charge in [0.05, 0.1) is 4.70 Å². The molecule has 122 valence electrons. The minimum Gasteiger partial charge on any atom is -0.505 e. The van der Waals surface area contributed by atoms with Gasteiger partial charge >= 0.3 is 5.97 Å². The molecule has 3 aromatic rings. The molecule has 24 heavy (non-hydrogen) atoms. The van der Waals surface area contributed by atoms with Crippen LogP contribution in [0.5, 0.6) is 5.75 Å². The van der Waals surface area contributed by atoms with Crippen LogP contribution in [0.15, 0.2) is 35.8 Å². The van der Waals surface area contributed by atoms with Crippen molar-refractivity contribution in [3.63, 3.8) is 0 Å². The average molecular weight is 346 g/mol. The van der Waals surface area contributed by atoms with E-state index in [0.717, 1.165) is 0 Å². The SMILES string of the molecule is O=C(O)CNC(=O)c1ncc2scc(-c3ccc(F)cc3)c2c1O. The summed E-state index contributed by atoms with van der Waals surface area (Å²) in [6.45, 7) is -0.577. The summed E-state index contributed by atoms with van der Waals surface area (Å²) < 4.78 is 13.7. The fraction of sp³-hybridized carbons (Fsp3) is 0.0625. The first kappa shape index (κ1) is 15.9. The highest BCUT2D eigenvalue weighted by molar-refractivity contribution is 7.17. The molecule has 0 aliphatic carbocycles. The van der Waals surface area contributed by atoms with Crippen molar-refractivity contribution >= 4 is 33.3 Å². The maximum atomic E-state index is 13.1. The van der Waals surface area contributed by atoms with Gasteiger partial charge < -0.3 is 15.5 Å². The summed E-state index contributed by atoms with van der Waals surface area (Å²) in [4.78, 5) is 26.4. The zero-order valence-corrected chi connectivity index (χ0v) is 12.9. The van der Waals surface area contributed by atoms with Crippen LogP contribution in [-0.2, 0) is 4.79 Å². The molecule has 0 unspecified atom stereocenters. The lowest BCUT2D eigenvalue weighted by Gasteiger charge is -2.07. The molecule has 0 saturated carbocycles. The smallest absolute Gasteiger partial charge is 0.322 e. The Morgan fingerprint density at radius 2 is 1.96 bits per heavy atom. The molecule has 3 rings (SSSR count). The molecule has 6 nitrogen and oxygen atoms in total. The predicted octanol–water partition coefficient (Wildman–Crippen LogP) is 2.62. The lowest BCUT2D eigenvalue weighted by Crippen LogP contribution is -2.29. The molecule has 2 heterocycles. The average Bonchev–Trinajstić information content (AvgIpc) is 2.98. The Bertz CT molecular complexity index is 937. The number of carboxylic acids is 1. The summed E-state index contributed by atoms with van der Waals surface area (Å²) in [6.07, 6.45) is 1.43. The lowest BCUT2D eigenvalue weighted by molar-refractivity contribution is -0.135. The number of hydrogen-bond acceptors (Lipinski definition) is 5. The zero-order chi connectivity index (χ0) is 17.3. The monoisotopic (exact) mass is 346 g/mol. The molecule has 3 N–H and O–H groups in total. The highest BCUT2D eigenvalue weighted by Crippen LogP contribution is 2.40. The number of carbonyl (C=O) groups is 2. The van der Waals surface area contributed by atoms with Crippen LogP contribution < -0.4 is 5.32 Å². The number of pyridine rings is 1. The van der Waals surface area contributed by atoms with Crippen molar-refractivity contribution in [1.82, 2.24) is 10.3 Å². The fourth-order valence-electron chi connectivity index (χ4n) is 2.26. The number of fused-ring (bicyclic) bond motifs is 1. The lowest BCUT2D eigenvalue weighted by atomic mass is 10.0. The zero-order valence-electron chi connectivity index (χ0n) is 12.1. The van der Waals surface area contributed by atoms with Crippen molar-refractivity contribution in [3.8, 4) is 16.9 Å². The van der Waals surface area contributed by atoms with Gasteiger partial charge in [0.2, 0.25) is 0 Å².